The lowest BCUT2D eigenvalue weighted by Gasteiger charge is -2.49. The summed E-state index contributed by atoms with van der Waals surface area (Å²) in [5.74, 6) is -1.74. The van der Waals surface area contributed by atoms with Gasteiger partial charge >= 0.3 is 0 Å². The van der Waals surface area contributed by atoms with Gasteiger partial charge in [-0.1, -0.05) is 175 Å². The SMILES string of the molecule is COC1C(OC(C)C)[C@H](COC2C(C)[C@@H](N=[N+]=[N-])C(COCc3ccccc3)O[C@@H]2OC(=N)C(Cl)(Cl)Cl)O[C@H](C)[C@@H]1O[C@@H]1OC[C@@H](OCc2ccccc2)C(O[C@@H]2OC[C@]3(COCc4ccccc4)O[C@@H](c4ccccc4)OC23)C1C. The van der Waals surface area contributed by atoms with Gasteiger partial charge in [0.15, 0.2) is 18.9 Å². The smallest absolute Gasteiger partial charge is 0.265 e. The second-order valence-electron chi connectivity index (χ2n) is 21.3. The molecule has 0 saturated carbocycles. The third-order valence-electron chi connectivity index (χ3n) is 15.1. The van der Waals surface area contributed by atoms with Crippen LogP contribution in [0.5, 0.6) is 0 Å². The Labute approximate surface area is 488 Å². The maximum Gasteiger partial charge on any atom is 0.265 e. The van der Waals surface area contributed by atoms with Crippen LogP contribution in [0.4, 0.5) is 0 Å². The number of ether oxygens (including phenoxy) is 15. The number of methoxy groups -OCH3 is 1. The van der Waals surface area contributed by atoms with Crippen molar-refractivity contribution in [3.63, 3.8) is 0 Å². The van der Waals surface area contributed by atoms with Crippen molar-refractivity contribution in [2.75, 3.05) is 40.1 Å². The maximum absolute atomic E-state index is 9.76. The normalized spacial score (nSPS) is 34.1. The van der Waals surface area contributed by atoms with Crippen molar-refractivity contribution in [1.82, 2.24) is 0 Å². The van der Waals surface area contributed by atoms with Gasteiger partial charge in [-0.25, -0.2) is 0 Å². The molecule has 5 saturated heterocycles. The minimum atomic E-state index is -2.22. The van der Waals surface area contributed by atoms with Crippen molar-refractivity contribution in [1.29, 1.82) is 5.41 Å². The summed E-state index contributed by atoms with van der Waals surface area (Å²) in [7, 11) is 1.59. The Bertz CT molecular complexity index is 2620. The molecule has 8 unspecified atom stereocenters. The summed E-state index contributed by atoms with van der Waals surface area (Å²) in [6.07, 6.45) is -11.4. The Hall–Kier alpha value is -4.03. The van der Waals surface area contributed by atoms with Crippen LogP contribution in [0.1, 0.15) is 63.2 Å². The molecule has 0 spiro atoms. The zero-order chi connectivity index (χ0) is 57.1. The van der Waals surface area contributed by atoms with Gasteiger partial charge in [-0.3, -0.25) is 5.41 Å². The molecule has 5 heterocycles. The fourth-order valence-electron chi connectivity index (χ4n) is 11.0. The van der Waals surface area contributed by atoms with E-state index in [1.54, 1.807) is 7.11 Å². The molecule has 81 heavy (non-hydrogen) atoms. The standard InChI is InChI=1S/C59H73Cl3N4O15/c1-35(2)74-50-45(32-71-48-36(3)46(65-66-64)43(30-68-27-39-19-11-7-12-20-39)76-55(48)80-57(63)59(60,61)62)75-38(5)49(51(50)67-6)78-53-37(4)47(44(31-72-53)70-29-41-23-15-9-16-24-41)77-56-52-58(34-73-56,33-69-28-40-21-13-8-14-22-40)81-54(79-52)42-25-17-10-18-26-42/h7-26,35-38,43-56,63H,27-34H2,1-6H3/t36?,37?,38-,43?,44-,45+,46-,47?,48?,49+,50?,51?,52?,53+,54+,55-,56+,58+/m1/s1. The first-order chi connectivity index (χ1) is 39.1. The molecule has 5 aliphatic heterocycles. The molecule has 9 rings (SSSR count). The summed E-state index contributed by atoms with van der Waals surface area (Å²) in [6, 6.07) is 38.4. The predicted molar refractivity (Wildman–Crippen MR) is 298 cm³/mol. The number of hydrogen-bond acceptors (Lipinski definition) is 17. The molecule has 0 amide bonds. The van der Waals surface area contributed by atoms with Crippen LogP contribution in [0.15, 0.2) is 126 Å². The van der Waals surface area contributed by atoms with Gasteiger partial charge in [-0.05, 0) is 48.9 Å². The number of nitrogens with one attached hydrogen (secondary N) is 1. The van der Waals surface area contributed by atoms with E-state index >= 15 is 0 Å². The highest BCUT2D eigenvalue weighted by molar-refractivity contribution is 6.76. The number of alkyl halides is 3. The van der Waals surface area contributed by atoms with Crippen LogP contribution in [0.2, 0.25) is 0 Å². The van der Waals surface area contributed by atoms with E-state index in [0.29, 0.717) is 13.2 Å². The summed E-state index contributed by atoms with van der Waals surface area (Å²) in [4.78, 5) is 3.14. The van der Waals surface area contributed by atoms with E-state index in [4.69, 9.17) is 111 Å². The van der Waals surface area contributed by atoms with E-state index < -0.39 is 119 Å². The second kappa shape index (κ2) is 28.7. The van der Waals surface area contributed by atoms with Crippen LogP contribution in [0.3, 0.4) is 0 Å². The lowest BCUT2D eigenvalue weighted by atomic mass is 9.88. The van der Waals surface area contributed by atoms with Gasteiger partial charge in [0.1, 0.15) is 48.3 Å². The largest absolute Gasteiger partial charge is 0.445 e. The number of fused-ring (bicyclic) bond motifs is 1. The van der Waals surface area contributed by atoms with E-state index in [9.17, 15) is 5.53 Å². The number of halogens is 3. The third kappa shape index (κ3) is 15.5. The molecule has 0 radical (unpaired) electrons. The van der Waals surface area contributed by atoms with Crippen molar-refractivity contribution in [2.24, 2.45) is 17.0 Å². The van der Waals surface area contributed by atoms with E-state index in [0.717, 1.165) is 22.3 Å². The maximum atomic E-state index is 9.76. The van der Waals surface area contributed by atoms with Gasteiger partial charge in [0.25, 0.3) is 3.79 Å². The lowest BCUT2D eigenvalue weighted by Crippen LogP contribution is -2.63. The molecule has 19 nitrogen and oxygen atoms in total. The summed E-state index contributed by atoms with van der Waals surface area (Å²) < 4.78 is 96.3. The van der Waals surface area contributed by atoms with Gasteiger partial charge in [0.05, 0.1) is 83.3 Å². The molecule has 4 aromatic carbocycles. The molecule has 1 N–H and O–H groups in total. The third-order valence-corrected chi connectivity index (χ3v) is 15.6. The molecule has 18 atom stereocenters. The first-order valence-electron chi connectivity index (χ1n) is 27.4. The average Bonchev–Trinajstić information content (AvgIpc) is 4.19. The molecular formula is C59H73Cl3N4O15. The van der Waals surface area contributed by atoms with Crippen LogP contribution in [0.25, 0.3) is 10.4 Å². The van der Waals surface area contributed by atoms with Gasteiger partial charge in [-0.15, -0.1) is 0 Å². The quantitative estimate of drug-likeness (QED) is 0.0173. The molecule has 0 aliphatic carbocycles. The predicted octanol–water partition coefficient (Wildman–Crippen LogP) is 10.4. The molecule has 5 aliphatic rings. The van der Waals surface area contributed by atoms with Crippen LogP contribution in [0, 0.1) is 17.2 Å². The molecular weight excluding hydrogens is 1110 g/mol. The highest BCUT2D eigenvalue weighted by atomic mass is 35.6. The van der Waals surface area contributed by atoms with Crippen molar-refractivity contribution in [3.05, 3.63) is 154 Å². The number of hydrogen-bond donors (Lipinski definition) is 1. The van der Waals surface area contributed by atoms with Gasteiger partial charge in [-0.2, -0.15) is 0 Å². The fourth-order valence-corrected chi connectivity index (χ4v) is 11.1. The zero-order valence-corrected chi connectivity index (χ0v) is 48.5. The number of nitrogens with zero attached hydrogens (tertiary/aromatic N) is 3. The van der Waals surface area contributed by atoms with Crippen molar-refractivity contribution >= 4 is 40.7 Å². The zero-order valence-electron chi connectivity index (χ0n) is 46.2. The minimum Gasteiger partial charge on any atom is -0.445 e. The highest BCUT2D eigenvalue weighted by Gasteiger charge is 2.61. The van der Waals surface area contributed by atoms with E-state index in [-0.39, 0.29) is 45.7 Å². The monoisotopic (exact) mass is 1180 g/mol. The van der Waals surface area contributed by atoms with E-state index in [2.05, 4.69) is 10.0 Å². The van der Waals surface area contributed by atoms with Crippen molar-refractivity contribution in [2.45, 2.75) is 162 Å². The van der Waals surface area contributed by atoms with E-state index in [1.807, 2.05) is 156 Å². The number of rotatable bonds is 24. The number of azide groups is 1. The lowest BCUT2D eigenvalue weighted by molar-refractivity contribution is -0.337. The Morgan fingerprint density at radius 2 is 1.31 bits per heavy atom. The summed E-state index contributed by atoms with van der Waals surface area (Å²) in [6.45, 7) is 10.8. The molecule has 5 fully saturated rings. The Morgan fingerprint density at radius 1 is 0.691 bits per heavy atom. The summed E-state index contributed by atoms with van der Waals surface area (Å²) >= 11 is 18.4. The Morgan fingerprint density at radius 3 is 1.93 bits per heavy atom. The van der Waals surface area contributed by atoms with Crippen molar-refractivity contribution in [3.8, 4) is 0 Å². The molecule has 22 heteroatoms. The number of benzene rings is 4. The van der Waals surface area contributed by atoms with Crippen LogP contribution < -0.4 is 0 Å². The van der Waals surface area contributed by atoms with Crippen LogP contribution in [-0.4, -0.2) is 147 Å². The molecule has 0 aromatic heterocycles. The molecule has 440 valence electrons. The average molecular weight is 1180 g/mol. The minimum absolute atomic E-state index is 0.0117. The van der Waals surface area contributed by atoms with Crippen LogP contribution in [-0.2, 0) is 90.9 Å². The fraction of sp³-hybridized carbons (Fsp3) is 0.576. The van der Waals surface area contributed by atoms with Gasteiger partial charge in [0, 0.05) is 23.5 Å². The Kier molecular flexibility index (Phi) is 21.8. The summed E-state index contributed by atoms with van der Waals surface area (Å²) in [5, 5.41) is 12.6. The molecule has 4 aromatic rings. The van der Waals surface area contributed by atoms with Gasteiger partial charge < -0.3 is 71.1 Å². The highest BCUT2D eigenvalue weighted by Crippen LogP contribution is 2.47. The van der Waals surface area contributed by atoms with Crippen LogP contribution >= 0.6 is 34.8 Å². The molecule has 0 bridgehead atoms. The topological polar surface area (TPSA) is 211 Å². The first-order valence-corrected chi connectivity index (χ1v) is 28.6. The first kappa shape index (κ1) is 61.5. The van der Waals surface area contributed by atoms with Crippen molar-refractivity contribution < 1.29 is 71.1 Å². The van der Waals surface area contributed by atoms with E-state index in [1.165, 1.54) is 0 Å². The summed E-state index contributed by atoms with van der Waals surface area (Å²) in [5.41, 5.74) is 12.6. The van der Waals surface area contributed by atoms with Gasteiger partial charge in [0.2, 0.25) is 12.2 Å². The Balaban J connectivity index is 0.917. The second-order valence-corrected chi connectivity index (χ2v) is 23.6.